The van der Waals surface area contributed by atoms with Gasteiger partial charge in [0.2, 0.25) is 0 Å². The number of nitrogens with zero attached hydrogens (tertiary/aromatic N) is 3. The lowest BCUT2D eigenvalue weighted by atomic mass is 10.2. The zero-order chi connectivity index (χ0) is 14.8. The molecule has 0 aliphatic rings. The van der Waals surface area contributed by atoms with E-state index >= 15 is 0 Å². The molecule has 0 aromatic carbocycles. The summed E-state index contributed by atoms with van der Waals surface area (Å²) < 4.78 is 16.9. The Kier molecular flexibility index (Phi) is 7.82. The Bertz CT molecular complexity index is 406. The van der Waals surface area contributed by atoms with Crippen molar-refractivity contribution in [3.8, 4) is 0 Å². The molecule has 1 aromatic heterocycles. The molecule has 0 radical (unpaired) electrons. The van der Waals surface area contributed by atoms with E-state index in [-0.39, 0.29) is 5.69 Å². The first kappa shape index (κ1) is 16.6. The van der Waals surface area contributed by atoms with Gasteiger partial charge in [-0.15, -0.1) is 5.10 Å². The number of hydrogen-bond donors (Lipinski definition) is 0. The minimum absolute atomic E-state index is 0.248. The Labute approximate surface area is 119 Å². The summed E-state index contributed by atoms with van der Waals surface area (Å²) in [7, 11) is 2.94. The van der Waals surface area contributed by atoms with E-state index in [0.29, 0.717) is 26.2 Å². The third-order valence-corrected chi connectivity index (χ3v) is 2.85. The van der Waals surface area contributed by atoms with Gasteiger partial charge < -0.3 is 14.2 Å². The highest BCUT2D eigenvalue weighted by Crippen LogP contribution is 2.08. The van der Waals surface area contributed by atoms with Crippen molar-refractivity contribution in [3.63, 3.8) is 0 Å². The van der Waals surface area contributed by atoms with E-state index in [4.69, 9.17) is 14.2 Å². The third kappa shape index (κ3) is 4.90. The van der Waals surface area contributed by atoms with Crippen LogP contribution in [0.1, 0.15) is 35.9 Å². The molecule has 7 nitrogen and oxygen atoms in total. The molecule has 1 aromatic rings. The van der Waals surface area contributed by atoms with Crippen LogP contribution in [0.5, 0.6) is 0 Å². The molecule has 0 atom stereocenters. The molecule has 7 heteroatoms. The number of carbonyl (C=O) groups excluding carboxylic acids is 1. The second-order valence-electron chi connectivity index (χ2n) is 4.31. The fraction of sp³-hybridized carbons (Fsp3) is 0.769. The molecule has 1 rings (SSSR count). The van der Waals surface area contributed by atoms with Gasteiger partial charge in [0.1, 0.15) is 0 Å². The van der Waals surface area contributed by atoms with E-state index in [0.717, 1.165) is 25.1 Å². The van der Waals surface area contributed by atoms with E-state index in [2.05, 4.69) is 17.2 Å². The Morgan fingerprint density at radius 2 is 2.05 bits per heavy atom. The molecule has 20 heavy (non-hydrogen) atoms. The van der Waals surface area contributed by atoms with Gasteiger partial charge in [0, 0.05) is 20.1 Å². The van der Waals surface area contributed by atoms with Crippen LogP contribution in [0, 0.1) is 0 Å². The highest BCUT2D eigenvalue weighted by Gasteiger charge is 2.19. The molecular weight excluding hydrogens is 262 g/mol. The lowest BCUT2D eigenvalue weighted by Crippen LogP contribution is -2.14. The van der Waals surface area contributed by atoms with Crippen LogP contribution in [0.15, 0.2) is 0 Å². The van der Waals surface area contributed by atoms with Crippen molar-refractivity contribution in [1.82, 2.24) is 15.0 Å². The number of unbranched alkanes of at least 4 members (excludes halogenated alkanes) is 1. The number of hydrogen-bond acceptors (Lipinski definition) is 6. The number of methoxy groups -OCH3 is 2. The van der Waals surface area contributed by atoms with Gasteiger partial charge in [-0.25, -0.2) is 9.48 Å². The van der Waals surface area contributed by atoms with Crippen molar-refractivity contribution in [1.29, 1.82) is 0 Å². The minimum Gasteiger partial charge on any atom is -0.464 e. The number of aromatic nitrogens is 3. The Hall–Kier alpha value is -1.47. The standard InChI is InChI=1S/C13H23N3O4/c1-4-5-8-20-10-7-16-11(6-9-18-2)12(14-15-16)13(17)19-3/h4-10H2,1-3H3. The van der Waals surface area contributed by atoms with Crippen molar-refractivity contribution in [2.24, 2.45) is 0 Å². The fourth-order valence-corrected chi connectivity index (χ4v) is 1.71. The molecule has 0 amide bonds. The fourth-order valence-electron chi connectivity index (χ4n) is 1.71. The minimum atomic E-state index is -0.478. The number of carbonyl (C=O) groups is 1. The first-order valence-corrected chi connectivity index (χ1v) is 6.81. The molecule has 0 N–H and O–H groups in total. The third-order valence-electron chi connectivity index (χ3n) is 2.85. The summed E-state index contributed by atoms with van der Waals surface area (Å²) in [6, 6.07) is 0. The van der Waals surface area contributed by atoms with Crippen molar-refractivity contribution in [3.05, 3.63) is 11.4 Å². The summed E-state index contributed by atoms with van der Waals surface area (Å²) in [6.45, 7) is 4.46. The average molecular weight is 285 g/mol. The van der Waals surface area contributed by atoms with Gasteiger partial charge in [0.25, 0.3) is 0 Å². The van der Waals surface area contributed by atoms with Crippen molar-refractivity contribution in [2.45, 2.75) is 32.7 Å². The van der Waals surface area contributed by atoms with Crippen LogP contribution in [-0.4, -0.2) is 55.0 Å². The van der Waals surface area contributed by atoms with Crippen LogP contribution in [0.4, 0.5) is 0 Å². The molecule has 0 aliphatic carbocycles. The molecule has 114 valence electrons. The Morgan fingerprint density at radius 3 is 2.70 bits per heavy atom. The van der Waals surface area contributed by atoms with E-state index in [1.165, 1.54) is 7.11 Å². The highest BCUT2D eigenvalue weighted by atomic mass is 16.5. The molecule has 1 heterocycles. The SMILES string of the molecule is CCCCOCCn1nnc(C(=O)OC)c1CCOC. The second kappa shape index (κ2) is 9.44. The zero-order valence-corrected chi connectivity index (χ0v) is 12.4. The molecular formula is C13H23N3O4. The van der Waals surface area contributed by atoms with Gasteiger partial charge in [-0.1, -0.05) is 18.6 Å². The summed E-state index contributed by atoms with van der Waals surface area (Å²) in [5, 5.41) is 7.87. The van der Waals surface area contributed by atoms with Crippen LogP contribution in [0.3, 0.4) is 0 Å². The van der Waals surface area contributed by atoms with Crippen LogP contribution < -0.4 is 0 Å². The maximum atomic E-state index is 11.6. The predicted octanol–water partition coefficient (Wildman–Crippen LogP) is 1.07. The second-order valence-corrected chi connectivity index (χ2v) is 4.31. The summed E-state index contributed by atoms with van der Waals surface area (Å²) in [6.07, 6.45) is 2.71. The number of ether oxygens (including phenoxy) is 3. The van der Waals surface area contributed by atoms with Gasteiger partial charge in [-0.05, 0) is 6.42 Å². The van der Waals surface area contributed by atoms with E-state index in [9.17, 15) is 4.79 Å². The van der Waals surface area contributed by atoms with Crippen LogP contribution in [0.2, 0.25) is 0 Å². The normalized spacial score (nSPS) is 10.8. The lowest BCUT2D eigenvalue weighted by Gasteiger charge is -2.08. The topological polar surface area (TPSA) is 75.5 Å². The van der Waals surface area contributed by atoms with Crippen molar-refractivity contribution < 1.29 is 19.0 Å². The van der Waals surface area contributed by atoms with Gasteiger partial charge in [-0.3, -0.25) is 0 Å². The Balaban J connectivity index is 2.64. The summed E-state index contributed by atoms with van der Waals surface area (Å²) >= 11 is 0. The van der Waals surface area contributed by atoms with E-state index < -0.39 is 5.97 Å². The maximum Gasteiger partial charge on any atom is 0.360 e. The van der Waals surface area contributed by atoms with E-state index in [1.807, 2.05) is 0 Å². The van der Waals surface area contributed by atoms with Gasteiger partial charge in [-0.2, -0.15) is 0 Å². The van der Waals surface area contributed by atoms with Gasteiger partial charge in [0.05, 0.1) is 32.6 Å². The smallest absolute Gasteiger partial charge is 0.360 e. The van der Waals surface area contributed by atoms with Crippen LogP contribution in [-0.2, 0) is 27.2 Å². The molecule has 0 fully saturated rings. The molecule has 0 unspecified atom stereocenters. The molecule has 0 saturated carbocycles. The van der Waals surface area contributed by atoms with Crippen molar-refractivity contribution >= 4 is 5.97 Å². The molecule has 0 bridgehead atoms. The van der Waals surface area contributed by atoms with Gasteiger partial charge in [0.15, 0.2) is 5.69 Å². The van der Waals surface area contributed by atoms with E-state index in [1.54, 1.807) is 11.8 Å². The van der Waals surface area contributed by atoms with Crippen LogP contribution >= 0.6 is 0 Å². The predicted molar refractivity (Wildman–Crippen MR) is 72.7 cm³/mol. The van der Waals surface area contributed by atoms with Crippen molar-refractivity contribution in [2.75, 3.05) is 34.0 Å². The maximum absolute atomic E-state index is 11.6. The monoisotopic (exact) mass is 285 g/mol. The largest absolute Gasteiger partial charge is 0.464 e. The quantitative estimate of drug-likeness (QED) is 0.473. The first-order valence-electron chi connectivity index (χ1n) is 6.81. The van der Waals surface area contributed by atoms with Crippen LogP contribution in [0.25, 0.3) is 0 Å². The molecule has 0 aliphatic heterocycles. The summed E-state index contributed by atoms with van der Waals surface area (Å²) in [4.78, 5) is 11.6. The number of rotatable bonds is 10. The Morgan fingerprint density at radius 1 is 1.25 bits per heavy atom. The summed E-state index contributed by atoms with van der Waals surface area (Å²) in [5.41, 5.74) is 0.968. The molecule has 0 spiro atoms. The lowest BCUT2D eigenvalue weighted by molar-refractivity contribution is 0.0591. The number of esters is 1. The molecule has 0 saturated heterocycles. The summed E-state index contributed by atoms with van der Waals surface area (Å²) in [5.74, 6) is -0.478. The average Bonchev–Trinajstić information content (AvgIpc) is 2.87. The van der Waals surface area contributed by atoms with Gasteiger partial charge >= 0.3 is 5.97 Å². The zero-order valence-electron chi connectivity index (χ0n) is 12.4. The highest BCUT2D eigenvalue weighted by molar-refractivity contribution is 5.88. The first-order chi connectivity index (χ1) is 9.74.